The van der Waals surface area contributed by atoms with E-state index in [9.17, 15) is 99.8 Å². The van der Waals surface area contributed by atoms with Crippen LogP contribution < -0.4 is 40.2 Å². The predicted octanol–water partition coefficient (Wildman–Crippen LogP) is 21.8. The number of amides is 4. The lowest BCUT2D eigenvalue weighted by molar-refractivity contribution is -0.142. The van der Waals surface area contributed by atoms with Gasteiger partial charge in [0.25, 0.3) is 30.1 Å². The summed E-state index contributed by atoms with van der Waals surface area (Å²) in [6.07, 6.45) is -19.4. The summed E-state index contributed by atoms with van der Waals surface area (Å²) in [6.45, 7) is 12.5. The van der Waals surface area contributed by atoms with Gasteiger partial charge in [0.2, 0.25) is 23.5 Å². The summed E-state index contributed by atoms with van der Waals surface area (Å²) >= 11 is 5.95. The molecule has 4 amide bonds. The Morgan fingerprint density at radius 2 is 0.659 bits per heavy atom. The number of halogens is 15. The molecule has 4 heterocycles. The number of carbonyl (C=O) groups excluding carboxylic acids is 8. The van der Waals surface area contributed by atoms with Crippen LogP contribution in [0.15, 0.2) is 194 Å². The van der Waals surface area contributed by atoms with Crippen LogP contribution in [0, 0.1) is 13.8 Å². The Morgan fingerprint density at radius 3 is 0.977 bits per heavy atom. The fourth-order valence-electron chi connectivity index (χ4n) is 13.8. The molecule has 4 aromatic heterocycles. The van der Waals surface area contributed by atoms with Crippen LogP contribution in [0.4, 0.5) is 61.5 Å². The largest absolute Gasteiger partial charge is 0.438 e. The molecule has 2 fully saturated rings. The molecule has 132 heavy (non-hydrogen) atoms. The Labute approximate surface area is 749 Å². The van der Waals surface area contributed by atoms with Gasteiger partial charge < -0.3 is 40.2 Å². The van der Waals surface area contributed by atoms with E-state index < -0.39 is 123 Å². The van der Waals surface area contributed by atoms with Crippen molar-refractivity contribution in [1.29, 1.82) is 0 Å². The minimum Gasteiger partial charge on any atom is -0.438 e. The molecule has 0 radical (unpaired) electrons. The van der Waals surface area contributed by atoms with Crippen LogP contribution >= 0.6 is 11.6 Å². The molecule has 2 atom stereocenters. The van der Waals surface area contributed by atoms with Crippen LogP contribution in [0.3, 0.4) is 0 Å². The molecule has 4 N–H and O–H groups in total. The van der Waals surface area contributed by atoms with Gasteiger partial charge in [-0.1, -0.05) is 133 Å². The summed E-state index contributed by atoms with van der Waals surface area (Å²) in [4.78, 5) is 98.3. The van der Waals surface area contributed by atoms with Gasteiger partial charge in [0.05, 0.1) is 51.2 Å². The first-order chi connectivity index (χ1) is 61.8. The number of carbonyl (C=O) groups is 8. The molecule has 0 unspecified atom stereocenters. The quantitative estimate of drug-likeness (QED) is 0.0305. The van der Waals surface area contributed by atoms with Gasteiger partial charge in [-0.3, -0.25) is 38.4 Å². The maximum atomic E-state index is 13.8. The predicted molar refractivity (Wildman–Crippen MR) is 453 cm³/mol. The average Bonchev–Trinajstić information content (AvgIpc) is 1.60. The number of Topliss-reactive ketones (excluding diaryl/α,β-unsaturated/α-hetero) is 4. The second kappa shape index (κ2) is 39.5. The van der Waals surface area contributed by atoms with E-state index in [-0.39, 0.29) is 74.7 Å². The van der Waals surface area contributed by atoms with Crippen molar-refractivity contribution < 1.29 is 119 Å². The van der Waals surface area contributed by atoms with Crippen molar-refractivity contribution in [1.82, 2.24) is 60.4 Å². The van der Waals surface area contributed by atoms with Gasteiger partial charge in [-0.05, 0) is 176 Å². The van der Waals surface area contributed by atoms with Crippen molar-refractivity contribution in [3.05, 3.63) is 305 Å². The number of ether oxygens (including phenoxy) is 4. The first-order valence-corrected chi connectivity index (χ1v) is 40.5. The van der Waals surface area contributed by atoms with Crippen LogP contribution in [0.2, 0.25) is 5.02 Å². The van der Waals surface area contributed by atoms with Crippen LogP contribution in [0.1, 0.15) is 230 Å². The molecule has 2 aliphatic carbocycles. The molecule has 24 nitrogen and oxygen atoms in total. The standard InChI is InChI=1S/C24H19F6N3O3.C24H22F3N3O3.C23H22F3N3O3.C22H20ClF2N3O3/c1-13(34)14-6-8-15(9-7-14)22(10-11-22)31-20(35)18-19(24(28,29)30)32-33(2)21(18)36-17-5-3-4-16(12-17)23(25,26)27;1-14-20(21(32)28-23(11-12-23)17-9-7-16(8-10-17)15(2)31)22(30(3)29-14)33-19-6-4-5-18(13-19)24(25,26)27;1-13(16-8-10-17(11-9-16)15(3)30)27-21(31)20-14(2)28-29(4)22(20)32-19-7-5-6-18(12-19)23(24,25)26;1-12(14-7-9-15(10-8-14)13(2)29)26-21(30)18-19(20(24)25)27-28(3)22(18)31-17-6-4-5-16(23)11-17/h3-9,12H,10-11H2,1-2H3,(H,31,35);4-10,13H,11-12H2,1-3H3,(H,28,32);5-13H,1-4H3,(H,27,31);4-12,20H,1-3H3,(H,26,30)/t;;13-;12-/m..00/s1. The third-order valence-corrected chi connectivity index (χ3v) is 21.3. The number of rotatable bonds is 25. The second-order valence-electron chi connectivity index (χ2n) is 30.9. The Balaban J connectivity index is 0.000000170. The zero-order valence-electron chi connectivity index (χ0n) is 72.2. The highest BCUT2D eigenvalue weighted by atomic mass is 35.5. The van der Waals surface area contributed by atoms with Gasteiger partial charge in [0, 0.05) is 55.5 Å². The molecule has 2 aliphatic rings. The van der Waals surface area contributed by atoms with E-state index in [2.05, 4.69) is 41.7 Å². The molecule has 39 heteroatoms. The molecule has 14 rings (SSSR count). The summed E-state index contributed by atoms with van der Waals surface area (Å²) in [5, 5.41) is 27.1. The van der Waals surface area contributed by atoms with Crippen molar-refractivity contribution in [2.24, 2.45) is 28.2 Å². The van der Waals surface area contributed by atoms with Crippen molar-refractivity contribution in [3.8, 4) is 46.5 Å². The molecule has 2 saturated carbocycles. The van der Waals surface area contributed by atoms with Crippen LogP contribution in [-0.2, 0) is 64.0 Å². The summed E-state index contributed by atoms with van der Waals surface area (Å²) in [6, 6.07) is 44.8. The van der Waals surface area contributed by atoms with Gasteiger partial charge in [0.1, 0.15) is 50.9 Å². The topological polar surface area (TPSA) is 293 Å². The molecule has 692 valence electrons. The molecule has 0 saturated heterocycles. The number of aryl methyl sites for hydroxylation is 6. The monoisotopic (exact) mass is 1860 g/mol. The zero-order chi connectivity index (χ0) is 96.8. The van der Waals surface area contributed by atoms with E-state index >= 15 is 0 Å². The van der Waals surface area contributed by atoms with E-state index in [4.69, 9.17) is 30.5 Å². The van der Waals surface area contributed by atoms with Gasteiger partial charge in [-0.15, -0.1) is 0 Å². The van der Waals surface area contributed by atoms with E-state index in [1.165, 1.54) is 81.5 Å². The summed E-state index contributed by atoms with van der Waals surface area (Å²) in [5.74, 6) is -4.16. The summed E-state index contributed by atoms with van der Waals surface area (Å²) < 4.78 is 213. The van der Waals surface area contributed by atoms with Gasteiger partial charge in [-0.2, -0.15) is 73.1 Å². The lowest BCUT2D eigenvalue weighted by atomic mass is 10.0. The third kappa shape index (κ3) is 23.6. The van der Waals surface area contributed by atoms with E-state index in [1.807, 2.05) is 12.1 Å². The molecule has 0 bridgehead atoms. The minimum absolute atomic E-state index is 0.0263. The number of benzene rings is 8. The van der Waals surface area contributed by atoms with Crippen molar-refractivity contribution >= 4 is 58.4 Å². The number of ketones is 4. The van der Waals surface area contributed by atoms with Gasteiger partial charge in [-0.25, -0.2) is 27.5 Å². The second-order valence-corrected chi connectivity index (χ2v) is 31.4. The molecule has 8 aromatic carbocycles. The van der Waals surface area contributed by atoms with Crippen molar-refractivity contribution in [3.63, 3.8) is 0 Å². The number of aromatic nitrogens is 8. The van der Waals surface area contributed by atoms with Crippen LogP contribution in [0.5, 0.6) is 46.5 Å². The third-order valence-electron chi connectivity index (χ3n) is 21.1. The Bertz CT molecular complexity index is 6330. The molecule has 0 spiro atoms. The molecular weight excluding hydrogens is 1780 g/mol. The first-order valence-electron chi connectivity index (χ1n) is 40.1. The lowest BCUT2D eigenvalue weighted by Gasteiger charge is -2.19. The molecule has 0 aliphatic heterocycles. The number of hydrogen-bond acceptors (Lipinski definition) is 16. The van der Waals surface area contributed by atoms with E-state index in [1.54, 1.807) is 138 Å². The minimum atomic E-state index is -5.04. The van der Waals surface area contributed by atoms with Crippen molar-refractivity contribution in [2.75, 3.05) is 0 Å². The number of hydrogen-bond donors (Lipinski definition) is 4. The van der Waals surface area contributed by atoms with Gasteiger partial charge >= 0.3 is 24.7 Å². The first kappa shape index (κ1) is 98.3. The van der Waals surface area contributed by atoms with Gasteiger partial charge in [0.15, 0.2) is 28.8 Å². The highest BCUT2D eigenvalue weighted by Gasteiger charge is 2.50. The summed E-state index contributed by atoms with van der Waals surface area (Å²) in [5.41, 5.74) is -1.73. The summed E-state index contributed by atoms with van der Waals surface area (Å²) in [7, 11) is 5.59. The highest BCUT2D eigenvalue weighted by molar-refractivity contribution is 6.30. The van der Waals surface area contributed by atoms with Crippen LogP contribution in [-0.4, -0.2) is 85.9 Å². The van der Waals surface area contributed by atoms with Crippen molar-refractivity contribution in [2.45, 2.75) is 135 Å². The molecular formula is C93H83ClF14N12O12. The Hall–Kier alpha value is -14.3. The number of alkyl halides is 14. The number of nitrogens with zero attached hydrogens (tertiary/aromatic N) is 8. The maximum absolute atomic E-state index is 13.8. The lowest BCUT2D eigenvalue weighted by Crippen LogP contribution is -2.36. The highest BCUT2D eigenvalue weighted by Crippen LogP contribution is 2.49. The fourth-order valence-corrected chi connectivity index (χ4v) is 14.0. The average molecular weight is 1860 g/mol. The van der Waals surface area contributed by atoms with E-state index in [0.29, 0.717) is 73.4 Å². The fraction of sp³-hybridized carbons (Fsp3) is 0.269. The molecule has 12 aromatic rings. The Morgan fingerprint density at radius 1 is 0.371 bits per heavy atom. The number of nitrogens with one attached hydrogen (secondary N) is 4. The normalized spacial score (nSPS) is 13.5. The Kier molecular flexibility index (Phi) is 29.4. The van der Waals surface area contributed by atoms with Crippen LogP contribution in [0.25, 0.3) is 0 Å². The zero-order valence-corrected chi connectivity index (χ0v) is 72.9. The SMILES string of the molecule is CC(=O)c1ccc(C2(NC(=O)c3c(C(F)(F)F)nn(C)c3Oc3cccc(C(F)(F)F)c3)CC2)cc1.CC(=O)c1ccc(C2(NC(=O)c3c(C)nn(C)c3Oc3cccc(C(F)(F)F)c3)CC2)cc1.CC(=O)c1ccc([C@H](C)NC(=O)c2c(C(F)F)nn(C)c2Oc2cccc(Cl)c2)cc1.CC(=O)c1ccc([C@H](C)NC(=O)c2c(C)nn(C)c2Oc2cccc(C(F)(F)F)c2)cc1. The maximum Gasteiger partial charge on any atom is 0.436 e. The van der Waals surface area contributed by atoms with E-state index in [0.717, 1.165) is 78.2 Å². The smallest absolute Gasteiger partial charge is 0.436 e.